The van der Waals surface area contributed by atoms with Crippen molar-refractivity contribution in [1.82, 2.24) is 19.5 Å². The van der Waals surface area contributed by atoms with Crippen LogP contribution in [0.1, 0.15) is 5.69 Å². The molecular weight excluding hydrogens is 339 g/mol. The number of fused-ring (bicyclic) bond motifs is 1. The highest BCUT2D eigenvalue weighted by molar-refractivity contribution is 5.87. The molecule has 25 heavy (non-hydrogen) atoms. The third-order valence-electron chi connectivity index (χ3n) is 3.49. The van der Waals surface area contributed by atoms with E-state index in [0.29, 0.717) is 0 Å². The smallest absolute Gasteiger partial charge is 0.433 e. The Balaban J connectivity index is 2.45. The van der Waals surface area contributed by atoms with E-state index >= 15 is 0 Å². The first-order chi connectivity index (χ1) is 11.9. The highest BCUT2D eigenvalue weighted by Gasteiger charge is 2.33. The van der Waals surface area contributed by atoms with Crippen LogP contribution in [0.2, 0.25) is 0 Å². The van der Waals surface area contributed by atoms with Crippen molar-refractivity contribution in [2.75, 3.05) is 19.5 Å². The zero-order valence-corrected chi connectivity index (χ0v) is 13.1. The molecule has 3 rings (SSSR count). The summed E-state index contributed by atoms with van der Waals surface area (Å²) < 4.78 is 45.3. The van der Waals surface area contributed by atoms with Gasteiger partial charge in [-0.25, -0.2) is 14.3 Å². The zero-order chi connectivity index (χ0) is 18.2. The van der Waals surface area contributed by atoms with Crippen LogP contribution in [0.4, 0.5) is 19.0 Å². The third-order valence-corrected chi connectivity index (χ3v) is 3.49. The van der Waals surface area contributed by atoms with Gasteiger partial charge in [-0.3, -0.25) is 4.98 Å². The standard InChI is InChI=1S/C15H12F3N5O2/c1-19-12-8-3-4-11(15(16,17)18)21-13(8)23(14(24)22-12)9-7-20-6-5-10(9)25-2/h3-7H,1-2H3,(H,19,22,24). The number of rotatable bonds is 3. The van der Waals surface area contributed by atoms with Gasteiger partial charge in [-0.05, 0) is 12.1 Å². The van der Waals surface area contributed by atoms with E-state index < -0.39 is 17.6 Å². The van der Waals surface area contributed by atoms with E-state index in [0.717, 1.165) is 10.6 Å². The van der Waals surface area contributed by atoms with Crippen LogP contribution >= 0.6 is 0 Å². The van der Waals surface area contributed by atoms with Crippen LogP contribution in [0.15, 0.2) is 35.4 Å². The average molecular weight is 351 g/mol. The molecule has 0 aliphatic heterocycles. The number of halogens is 3. The monoisotopic (exact) mass is 351 g/mol. The van der Waals surface area contributed by atoms with Crippen molar-refractivity contribution >= 4 is 16.9 Å². The van der Waals surface area contributed by atoms with Crippen LogP contribution in [-0.2, 0) is 6.18 Å². The van der Waals surface area contributed by atoms with E-state index in [1.54, 1.807) is 0 Å². The Morgan fingerprint density at radius 3 is 2.60 bits per heavy atom. The molecule has 0 aromatic carbocycles. The van der Waals surface area contributed by atoms with Gasteiger partial charge in [0.25, 0.3) is 0 Å². The van der Waals surface area contributed by atoms with Gasteiger partial charge in [0.05, 0.1) is 18.7 Å². The summed E-state index contributed by atoms with van der Waals surface area (Å²) in [6, 6.07) is 3.52. The molecule has 7 nitrogen and oxygen atoms in total. The molecule has 3 aromatic heterocycles. The third kappa shape index (κ3) is 2.86. The van der Waals surface area contributed by atoms with E-state index in [1.165, 1.54) is 38.7 Å². The quantitative estimate of drug-likeness (QED) is 0.779. The van der Waals surface area contributed by atoms with Crippen LogP contribution in [0, 0.1) is 0 Å². The Hall–Kier alpha value is -3.17. The van der Waals surface area contributed by atoms with Gasteiger partial charge in [0, 0.05) is 19.3 Å². The van der Waals surface area contributed by atoms with Crippen molar-refractivity contribution in [2.45, 2.75) is 6.18 Å². The molecule has 130 valence electrons. The van der Waals surface area contributed by atoms with Crippen molar-refractivity contribution in [3.8, 4) is 11.4 Å². The predicted molar refractivity (Wildman–Crippen MR) is 84.0 cm³/mol. The summed E-state index contributed by atoms with van der Waals surface area (Å²) in [5, 5.41) is 2.93. The van der Waals surface area contributed by atoms with E-state index in [2.05, 4.69) is 20.3 Å². The number of nitrogens with one attached hydrogen (secondary N) is 1. The minimum absolute atomic E-state index is 0.125. The Morgan fingerprint density at radius 1 is 1.20 bits per heavy atom. The summed E-state index contributed by atoms with van der Waals surface area (Å²) in [7, 11) is 2.88. The van der Waals surface area contributed by atoms with Gasteiger partial charge in [0.15, 0.2) is 5.65 Å². The molecule has 0 bridgehead atoms. The second-order valence-corrected chi connectivity index (χ2v) is 4.94. The predicted octanol–water partition coefficient (Wildman–Crippen LogP) is 2.24. The van der Waals surface area contributed by atoms with Gasteiger partial charge in [-0.2, -0.15) is 18.2 Å². The molecule has 0 aliphatic rings. The second kappa shape index (κ2) is 6.04. The van der Waals surface area contributed by atoms with E-state index in [1.807, 2.05) is 0 Å². The van der Waals surface area contributed by atoms with Crippen molar-refractivity contribution in [2.24, 2.45) is 0 Å². The molecule has 0 radical (unpaired) electrons. The van der Waals surface area contributed by atoms with Crippen LogP contribution < -0.4 is 15.7 Å². The molecule has 0 saturated heterocycles. The topological polar surface area (TPSA) is 81.9 Å². The van der Waals surface area contributed by atoms with Gasteiger partial charge in [0.1, 0.15) is 22.9 Å². The van der Waals surface area contributed by atoms with Gasteiger partial charge in [-0.15, -0.1) is 0 Å². The lowest BCUT2D eigenvalue weighted by Crippen LogP contribution is -2.25. The minimum atomic E-state index is -4.66. The highest BCUT2D eigenvalue weighted by atomic mass is 19.4. The normalized spacial score (nSPS) is 11.6. The van der Waals surface area contributed by atoms with E-state index in [-0.39, 0.29) is 28.3 Å². The molecule has 0 atom stereocenters. The number of ether oxygens (including phenoxy) is 1. The lowest BCUT2D eigenvalue weighted by molar-refractivity contribution is -0.141. The maximum absolute atomic E-state index is 13.1. The summed E-state index contributed by atoms with van der Waals surface area (Å²) in [6.07, 6.45) is -1.93. The van der Waals surface area contributed by atoms with E-state index in [9.17, 15) is 18.0 Å². The largest absolute Gasteiger partial charge is 0.494 e. The lowest BCUT2D eigenvalue weighted by Gasteiger charge is -2.15. The number of pyridine rings is 2. The van der Waals surface area contributed by atoms with Gasteiger partial charge in [0.2, 0.25) is 0 Å². The molecular formula is C15H12F3N5O2. The number of alkyl halides is 3. The SMILES string of the molecule is CNc1nc(=O)n(-c2cnccc2OC)c2nc(C(F)(F)F)ccc12. The molecule has 0 aliphatic carbocycles. The second-order valence-electron chi connectivity index (χ2n) is 4.94. The number of hydrogen-bond donors (Lipinski definition) is 1. The summed E-state index contributed by atoms with van der Waals surface area (Å²) >= 11 is 0. The number of nitrogens with zero attached hydrogens (tertiary/aromatic N) is 4. The Bertz CT molecular complexity index is 1000. The molecule has 0 amide bonds. The summed E-state index contributed by atoms with van der Waals surface area (Å²) in [5.74, 6) is 0.372. The summed E-state index contributed by atoms with van der Waals surface area (Å²) in [5.41, 5.74) is -1.99. The van der Waals surface area contributed by atoms with Gasteiger partial charge in [-0.1, -0.05) is 0 Å². The summed E-state index contributed by atoms with van der Waals surface area (Å²) in [6.45, 7) is 0. The van der Waals surface area contributed by atoms with Crippen molar-refractivity contribution in [3.63, 3.8) is 0 Å². The summed E-state index contributed by atoms with van der Waals surface area (Å²) in [4.78, 5) is 23.8. The fraction of sp³-hybridized carbons (Fsp3) is 0.200. The lowest BCUT2D eigenvalue weighted by atomic mass is 10.2. The molecule has 0 fully saturated rings. The first-order valence-corrected chi connectivity index (χ1v) is 7.04. The molecule has 0 spiro atoms. The Kier molecular flexibility index (Phi) is 4.03. The van der Waals surface area contributed by atoms with Crippen LogP contribution in [0.5, 0.6) is 5.75 Å². The van der Waals surface area contributed by atoms with Crippen molar-refractivity contribution in [1.29, 1.82) is 0 Å². The zero-order valence-electron chi connectivity index (χ0n) is 13.1. The molecule has 3 heterocycles. The number of methoxy groups -OCH3 is 1. The fourth-order valence-electron chi connectivity index (χ4n) is 2.38. The Labute approximate surface area is 139 Å². The van der Waals surface area contributed by atoms with Crippen LogP contribution in [0.25, 0.3) is 16.7 Å². The first kappa shape index (κ1) is 16.7. The molecule has 0 unspecified atom stereocenters. The maximum atomic E-state index is 13.1. The van der Waals surface area contributed by atoms with Gasteiger partial charge >= 0.3 is 11.9 Å². The van der Waals surface area contributed by atoms with E-state index in [4.69, 9.17) is 4.74 Å². The minimum Gasteiger partial charge on any atom is -0.494 e. The molecule has 0 saturated carbocycles. The fourth-order valence-corrected chi connectivity index (χ4v) is 2.38. The molecule has 10 heteroatoms. The van der Waals surface area contributed by atoms with Crippen molar-refractivity contribution in [3.05, 3.63) is 46.8 Å². The van der Waals surface area contributed by atoms with Crippen LogP contribution in [0.3, 0.4) is 0 Å². The van der Waals surface area contributed by atoms with Crippen molar-refractivity contribution < 1.29 is 17.9 Å². The Morgan fingerprint density at radius 2 is 1.96 bits per heavy atom. The van der Waals surface area contributed by atoms with Gasteiger partial charge < -0.3 is 10.1 Å². The molecule has 3 aromatic rings. The number of anilines is 1. The number of hydrogen-bond acceptors (Lipinski definition) is 6. The first-order valence-electron chi connectivity index (χ1n) is 7.04. The maximum Gasteiger partial charge on any atom is 0.433 e. The van der Waals surface area contributed by atoms with Crippen LogP contribution in [-0.4, -0.2) is 33.7 Å². The highest BCUT2D eigenvalue weighted by Crippen LogP contribution is 2.31. The average Bonchev–Trinajstić information content (AvgIpc) is 2.59. The molecule has 1 N–H and O–H groups in total. The number of aromatic nitrogens is 4.